The van der Waals surface area contributed by atoms with E-state index in [4.69, 9.17) is 67.5 Å². The maximum absolute atomic E-state index is 11.2. The van der Waals surface area contributed by atoms with Gasteiger partial charge in [0.05, 0.1) is 0 Å². The van der Waals surface area contributed by atoms with Gasteiger partial charge < -0.3 is 0 Å². The molecular weight excluding hydrogens is 454 g/mol. The third-order valence-electron chi connectivity index (χ3n) is 3.04. The number of nitrogens with zero attached hydrogens (tertiary/aromatic N) is 4. The fourth-order valence-electron chi connectivity index (χ4n) is 1.72. The summed E-state index contributed by atoms with van der Waals surface area (Å²) in [5, 5.41) is 32.0. The van der Waals surface area contributed by atoms with Crippen molar-refractivity contribution in [3.8, 4) is 24.3 Å². The summed E-state index contributed by atoms with van der Waals surface area (Å²) >= 11 is 21.6. The Labute approximate surface area is 176 Å². The van der Waals surface area contributed by atoms with Crippen LogP contribution in [0.15, 0.2) is 42.4 Å². The summed E-state index contributed by atoms with van der Waals surface area (Å²) in [7, 11) is 0. The second-order valence-corrected chi connectivity index (χ2v) is 6.03. The molecule has 12 heteroatoms. The summed E-state index contributed by atoms with van der Waals surface area (Å²) in [5.41, 5.74) is -2.25. The number of carbonyl (C=O) groups is 4. The average Bonchev–Trinajstić information content (AvgIpc) is 2.70. The molecule has 0 radical (unpaired) electrons. The van der Waals surface area contributed by atoms with Gasteiger partial charge >= 0.3 is 0 Å². The fourth-order valence-corrected chi connectivity index (χ4v) is 2.44. The SMILES string of the molecule is N#CC1=C(C#N)C(=O)C(Cl)=C(Cl)C1=O.N#CC1=C(C#N)C(=O)C(Cl)=C(Cl)C1=O. The van der Waals surface area contributed by atoms with Gasteiger partial charge in [0.15, 0.2) is 0 Å². The number of nitriles is 4. The van der Waals surface area contributed by atoms with E-state index in [1.807, 2.05) is 0 Å². The van der Waals surface area contributed by atoms with Gasteiger partial charge in [-0.1, -0.05) is 46.4 Å². The summed E-state index contributed by atoms with van der Waals surface area (Å²) in [6.45, 7) is 0. The van der Waals surface area contributed by atoms with Crippen molar-refractivity contribution in [3.05, 3.63) is 42.4 Å². The van der Waals surface area contributed by atoms with E-state index in [9.17, 15) is 19.2 Å². The molecule has 0 bridgehead atoms. The van der Waals surface area contributed by atoms with Gasteiger partial charge in [-0.05, 0) is 0 Å². The third kappa shape index (κ3) is 3.87. The molecule has 0 N–H and O–H groups in total. The zero-order valence-electron chi connectivity index (χ0n) is 12.9. The number of allylic oxidation sites excluding steroid dienone is 8. The predicted octanol–water partition coefficient (Wildman–Crippen LogP) is 2.34. The molecule has 0 aromatic rings. The van der Waals surface area contributed by atoms with Crippen LogP contribution in [0.1, 0.15) is 0 Å². The van der Waals surface area contributed by atoms with Crippen molar-refractivity contribution in [2.24, 2.45) is 0 Å². The number of Topliss-reactive ketones (excluding diaryl/α,β-unsaturated/α-hetero) is 4. The average molecular weight is 454 g/mol. The predicted molar refractivity (Wildman–Crippen MR) is 94.0 cm³/mol. The maximum atomic E-state index is 11.2. The Morgan fingerprint density at radius 1 is 0.429 bits per heavy atom. The first-order valence-corrected chi connectivity index (χ1v) is 7.98. The molecule has 0 saturated heterocycles. The number of hydrogen-bond donors (Lipinski definition) is 0. The van der Waals surface area contributed by atoms with E-state index < -0.39 is 65.6 Å². The summed E-state index contributed by atoms with van der Waals surface area (Å²) < 4.78 is 0. The van der Waals surface area contributed by atoms with Crippen LogP contribution in [-0.2, 0) is 19.2 Å². The van der Waals surface area contributed by atoms with E-state index in [1.165, 1.54) is 24.3 Å². The standard InChI is InChI=1S/2C8Cl2N2O2/c2*9-5-6(10)8(14)4(2-12)3(1-11)7(5)13. The molecule has 0 spiro atoms. The van der Waals surface area contributed by atoms with Crippen LogP contribution in [0.25, 0.3) is 0 Å². The van der Waals surface area contributed by atoms with Crippen LogP contribution in [0.2, 0.25) is 0 Å². The van der Waals surface area contributed by atoms with Crippen LogP contribution < -0.4 is 0 Å². The number of rotatable bonds is 0. The van der Waals surface area contributed by atoms with Crippen molar-refractivity contribution in [1.29, 1.82) is 21.0 Å². The monoisotopic (exact) mass is 452 g/mol. The summed E-state index contributed by atoms with van der Waals surface area (Å²) in [5.74, 6) is -3.57. The van der Waals surface area contributed by atoms with Crippen LogP contribution >= 0.6 is 46.4 Å². The van der Waals surface area contributed by atoms with Crippen molar-refractivity contribution < 1.29 is 19.2 Å². The molecule has 0 aromatic carbocycles. The Bertz CT molecular complexity index is 981. The van der Waals surface area contributed by atoms with E-state index in [1.54, 1.807) is 0 Å². The molecule has 0 heterocycles. The lowest BCUT2D eigenvalue weighted by atomic mass is 9.96. The molecule has 2 aliphatic carbocycles. The highest BCUT2D eigenvalue weighted by atomic mass is 35.5. The second-order valence-electron chi connectivity index (χ2n) is 4.52. The van der Waals surface area contributed by atoms with Crippen LogP contribution in [-0.4, -0.2) is 23.1 Å². The third-order valence-corrected chi connectivity index (χ3v) is 4.67. The van der Waals surface area contributed by atoms with Gasteiger partial charge in [0, 0.05) is 0 Å². The van der Waals surface area contributed by atoms with Crippen molar-refractivity contribution >= 4 is 69.5 Å². The van der Waals surface area contributed by atoms with E-state index in [0.29, 0.717) is 0 Å². The van der Waals surface area contributed by atoms with Crippen LogP contribution in [0.5, 0.6) is 0 Å². The second kappa shape index (κ2) is 9.11. The lowest BCUT2D eigenvalue weighted by Crippen LogP contribution is -2.18. The van der Waals surface area contributed by atoms with E-state index in [2.05, 4.69) is 0 Å². The molecule has 0 atom stereocenters. The Hall–Kier alpha value is -3.24. The number of hydrogen-bond acceptors (Lipinski definition) is 8. The maximum Gasteiger partial charge on any atom is 0.218 e. The van der Waals surface area contributed by atoms with Gasteiger partial charge in [0.1, 0.15) is 66.7 Å². The zero-order chi connectivity index (χ0) is 21.8. The molecule has 2 rings (SSSR count). The molecule has 0 aromatic heterocycles. The molecule has 2 aliphatic rings. The Kier molecular flexibility index (Phi) is 7.42. The van der Waals surface area contributed by atoms with Crippen molar-refractivity contribution in [3.63, 3.8) is 0 Å². The fraction of sp³-hybridized carbons (Fsp3) is 0. The van der Waals surface area contributed by atoms with Gasteiger partial charge in [0.2, 0.25) is 23.1 Å². The smallest absolute Gasteiger partial charge is 0.218 e. The number of carbonyl (C=O) groups excluding carboxylic acids is 4. The van der Waals surface area contributed by atoms with Gasteiger partial charge in [-0.25, -0.2) is 0 Å². The molecule has 0 unspecified atom stereocenters. The Balaban J connectivity index is 0.000000280. The largest absolute Gasteiger partial charge is 0.287 e. The van der Waals surface area contributed by atoms with Gasteiger partial charge in [-0.15, -0.1) is 0 Å². The molecular formula is C16Cl4N4O4. The van der Waals surface area contributed by atoms with Gasteiger partial charge in [0.25, 0.3) is 0 Å². The molecule has 136 valence electrons. The molecule has 0 saturated carbocycles. The van der Waals surface area contributed by atoms with Crippen molar-refractivity contribution in [1.82, 2.24) is 0 Å². The highest BCUT2D eigenvalue weighted by Gasteiger charge is 2.34. The summed E-state index contributed by atoms with van der Waals surface area (Å²) in [6.07, 6.45) is 0. The highest BCUT2D eigenvalue weighted by Crippen LogP contribution is 2.29. The Morgan fingerprint density at radius 3 is 0.679 bits per heavy atom. The van der Waals surface area contributed by atoms with Crippen LogP contribution in [0, 0.1) is 45.3 Å². The summed E-state index contributed by atoms with van der Waals surface area (Å²) in [4.78, 5) is 44.9. The number of halogens is 4. The van der Waals surface area contributed by atoms with Crippen molar-refractivity contribution in [2.45, 2.75) is 0 Å². The zero-order valence-corrected chi connectivity index (χ0v) is 16.0. The molecule has 28 heavy (non-hydrogen) atoms. The lowest BCUT2D eigenvalue weighted by Gasteiger charge is -2.08. The van der Waals surface area contributed by atoms with Crippen LogP contribution in [0.4, 0.5) is 0 Å². The van der Waals surface area contributed by atoms with E-state index >= 15 is 0 Å². The van der Waals surface area contributed by atoms with Gasteiger partial charge in [-0.2, -0.15) is 21.0 Å². The Morgan fingerprint density at radius 2 is 0.571 bits per heavy atom. The molecule has 0 amide bonds. The first-order valence-electron chi connectivity index (χ1n) is 6.47. The minimum atomic E-state index is -0.893. The van der Waals surface area contributed by atoms with E-state index in [0.717, 1.165) is 0 Å². The first kappa shape index (κ1) is 22.8. The van der Waals surface area contributed by atoms with Crippen LogP contribution in [0.3, 0.4) is 0 Å². The summed E-state index contributed by atoms with van der Waals surface area (Å²) in [6, 6.07) is 5.78. The lowest BCUT2D eigenvalue weighted by molar-refractivity contribution is -0.115. The topological polar surface area (TPSA) is 163 Å². The van der Waals surface area contributed by atoms with Crippen molar-refractivity contribution in [2.75, 3.05) is 0 Å². The molecule has 8 nitrogen and oxygen atoms in total. The van der Waals surface area contributed by atoms with Gasteiger partial charge in [-0.3, -0.25) is 19.2 Å². The highest BCUT2D eigenvalue weighted by molar-refractivity contribution is 6.60. The molecule has 0 fully saturated rings. The normalized spacial score (nSPS) is 16.9. The number of ketones is 4. The molecule has 0 aliphatic heterocycles. The quantitative estimate of drug-likeness (QED) is 0.504. The minimum Gasteiger partial charge on any atom is -0.287 e. The minimum absolute atomic E-state index is 0.521. The first-order chi connectivity index (χ1) is 13.1. The van der Waals surface area contributed by atoms with E-state index in [-0.39, 0.29) is 0 Å².